The van der Waals surface area contributed by atoms with Gasteiger partial charge in [0.1, 0.15) is 18.3 Å². The van der Waals surface area contributed by atoms with E-state index in [1.807, 2.05) is 0 Å². The van der Waals surface area contributed by atoms with Gasteiger partial charge in [0.05, 0.1) is 6.10 Å². The Morgan fingerprint density at radius 2 is 1.57 bits per heavy atom. The lowest BCUT2D eigenvalue weighted by molar-refractivity contribution is -0.295. The van der Waals surface area contributed by atoms with Crippen LogP contribution in [0.15, 0.2) is 0 Å². The topological polar surface area (TPSA) is 57.2 Å². The maximum absolute atomic E-state index is 9.77. The number of ether oxygens (including phenoxy) is 4. The second-order valence-corrected chi connectivity index (χ2v) is 3.34. The summed E-state index contributed by atoms with van der Waals surface area (Å²) in [6, 6.07) is 0. The van der Waals surface area contributed by atoms with Crippen molar-refractivity contribution in [3.8, 4) is 0 Å². The molecule has 1 saturated heterocycles. The van der Waals surface area contributed by atoms with Gasteiger partial charge in [-0.1, -0.05) is 0 Å². The molecule has 0 aromatic carbocycles. The fraction of sp³-hybridized carbons (Fsp3) is 1.00. The molecule has 0 spiro atoms. The molecular weight excluding hydrogens is 188 g/mol. The van der Waals surface area contributed by atoms with Gasteiger partial charge in [0.2, 0.25) is 0 Å². The van der Waals surface area contributed by atoms with Crippen LogP contribution in [0.5, 0.6) is 0 Å². The monoisotopic (exact) mass is 206 g/mol. The van der Waals surface area contributed by atoms with E-state index in [1.54, 1.807) is 6.92 Å². The van der Waals surface area contributed by atoms with Crippen molar-refractivity contribution in [2.45, 2.75) is 37.6 Å². The molecule has 0 radical (unpaired) electrons. The number of aliphatic hydroxyl groups is 1. The van der Waals surface area contributed by atoms with Crippen molar-refractivity contribution in [2.24, 2.45) is 0 Å². The van der Waals surface area contributed by atoms with Crippen LogP contribution in [0, 0.1) is 0 Å². The van der Waals surface area contributed by atoms with Crippen LogP contribution < -0.4 is 0 Å². The number of hydrogen-bond acceptors (Lipinski definition) is 5. The summed E-state index contributed by atoms with van der Waals surface area (Å²) in [5, 5.41) is 9.77. The van der Waals surface area contributed by atoms with Crippen molar-refractivity contribution < 1.29 is 24.1 Å². The van der Waals surface area contributed by atoms with E-state index >= 15 is 0 Å². The molecule has 84 valence electrons. The second-order valence-electron chi connectivity index (χ2n) is 3.34. The Hall–Kier alpha value is -0.200. The molecule has 1 heterocycles. The van der Waals surface area contributed by atoms with Crippen LogP contribution >= 0.6 is 0 Å². The van der Waals surface area contributed by atoms with Gasteiger partial charge in [0.25, 0.3) is 0 Å². The zero-order valence-corrected chi connectivity index (χ0v) is 8.97. The molecule has 5 atom stereocenters. The second kappa shape index (κ2) is 5.04. The summed E-state index contributed by atoms with van der Waals surface area (Å²) < 4.78 is 20.9. The Morgan fingerprint density at radius 3 is 2.00 bits per heavy atom. The van der Waals surface area contributed by atoms with Crippen LogP contribution in [-0.4, -0.2) is 57.1 Å². The van der Waals surface area contributed by atoms with Crippen LogP contribution in [0.4, 0.5) is 0 Å². The molecule has 1 fully saturated rings. The first-order valence-corrected chi connectivity index (χ1v) is 4.57. The van der Waals surface area contributed by atoms with Crippen molar-refractivity contribution in [3.63, 3.8) is 0 Å². The Morgan fingerprint density at radius 1 is 1.00 bits per heavy atom. The van der Waals surface area contributed by atoms with Crippen LogP contribution in [0.1, 0.15) is 6.92 Å². The Bertz CT molecular complexity index is 171. The predicted octanol–water partition coefficient (Wildman–Crippen LogP) is -0.232. The van der Waals surface area contributed by atoms with Gasteiger partial charge < -0.3 is 24.1 Å². The lowest BCUT2D eigenvalue weighted by atomic mass is 9.99. The Kier molecular flexibility index (Phi) is 4.28. The third-order valence-corrected chi connectivity index (χ3v) is 2.54. The van der Waals surface area contributed by atoms with E-state index in [-0.39, 0.29) is 6.10 Å². The van der Waals surface area contributed by atoms with E-state index in [4.69, 9.17) is 18.9 Å². The summed E-state index contributed by atoms with van der Waals surface area (Å²) in [7, 11) is 4.60. The fourth-order valence-electron chi connectivity index (χ4n) is 1.69. The molecule has 1 aliphatic rings. The highest BCUT2D eigenvalue weighted by molar-refractivity contribution is 4.89. The van der Waals surface area contributed by atoms with Gasteiger partial charge in [-0.15, -0.1) is 0 Å². The van der Waals surface area contributed by atoms with Crippen molar-refractivity contribution in [1.29, 1.82) is 0 Å². The first kappa shape index (κ1) is 11.9. The lowest BCUT2D eigenvalue weighted by Crippen LogP contribution is -2.58. The number of methoxy groups -OCH3 is 3. The average Bonchev–Trinajstić information content (AvgIpc) is 2.20. The molecule has 0 aromatic heterocycles. The summed E-state index contributed by atoms with van der Waals surface area (Å²) in [5.41, 5.74) is 0. The van der Waals surface area contributed by atoms with Crippen molar-refractivity contribution in [2.75, 3.05) is 21.3 Å². The van der Waals surface area contributed by atoms with Gasteiger partial charge in [0, 0.05) is 21.3 Å². The minimum atomic E-state index is -0.698. The molecule has 0 aliphatic carbocycles. The van der Waals surface area contributed by atoms with E-state index in [0.717, 1.165) is 0 Å². The summed E-state index contributed by atoms with van der Waals surface area (Å²) in [6.45, 7) is 1.77. The summed E-state index contributed by atoms with van der Waals surface area (Å²) in [4.78, 5) is 0. The van der Waals surface area contributed by atoms with Gasteiger partial charge >= 0.3 is 0 Å². The van der Waals surface area contributed by atoms with Gasteiger partial charge in [-0.3, -0.25) is 0 Å². The zero-order valence-electron chi connectivity index (χ0n) is 8.97. The third-order valence-electron chi connectivity index (χ3n) is 2.54. The maximum Gasteiger partial charge on any atom is 0.186 e. The largest absolute Gasteiger partial charge is 0.388 e. The van der Waals surface area contributed by atoms with E-state index in [9.17, 15) is 5.11 Å². The molecule has 0 bridgehead atoms. The highest BCUT2D eigenvalue weighted by Gasteiger charge is 2.44. The third kappa shape index (κ3) is 2.07. The molecule has 1 N–H and O–H groups in total. The molecule has 0 amide bonds. The SMILES string of the molecule is COC1O[C@@H](C)[C@H](O)[C@@H](OC)[C@H]1OC. The minimum absolute atomic E-state index is 0.323. The van der Waals surface area contributed by atoms with Crippen LogP contribution in [0.2, 0.25) is 0 Å². The molecule has 1 unspecified atom stereocenters. The van der Waals surface area contributed by atoms with E-state index in [0.29, 0.717) is 0 Å². The van der Waals surface area contributed by atoms with Crippen LogP contribution in [0.25, 0.3) is 0 Å². The molecule has 1 aliphatic heterocycles. The summed E-state index contributed by atoms with van der Waals surface area (Å²) in [6.07, 6.45) is -2.35. The molecule has 5 nitrogen and oxygen atoms in total. The molecule has 0 aromatic rings. The molecular formula is C9H18O5. The van der Waals surface area contributed by atoms with Crippen molar-refractivity contribution in [1.82, 2.24) is 0 Å². The Labute approximate surface area is 83.9 Å². The Balaban J connectivity index is 2.75. The molecule has 1 rings (SSSR count). The standard InChI is InChI=1S/C9H18O5/c1-5-6(10)7(11-2)8(12-3)9(13-4)14-5/h5-10H,1-4H3/t5-,6-,7+,8+,9?/m0/s1. The number of aliphatic hydroxyl groups excluding tert-OH is 1. The predicted molar refractivity (Wildman–Crippen MR) is 48.9 cm³/mol. The fourth-order valence-corrected chi connectivity index (χ4v) is 1.69. The van der Waals surface area contributed by atoms with Gasteiger partial charge in [0.15, 0.2) is 6.29 Å². The van der Waals surface area contributed by atoms with Crippen molar-refractivity contribution in [3.05, 3.63) is 0 Å². The molecule has 14 heavy (non-hydrogen) atoms. The lowest BCUT2D eigenvalue weighted by Gasteiger charge is -2.41. The minimum Gasteiger partial charge on any atom is -0.388 e. The first-order valence-electron chi connectivity index (χ1n) is 4.57. The maximum atomic E-state index is 9.77. The van der Waals surface area contributed by atoms with Crippen molar-refractivity contribution >= 4 is 0 Å². The highest BCUT2D eigenvalue weighted by Crippen LogP contribution is 2.25. The number of hydrogen-bond donors (Lipinski definition) is 1. The van der Waals surface area contributed by atoms with Gasteiger partial charge in [-0.2, -0.15) is 0 Å². The van der Waals surface area contributed by atoms with E-state index in [1.165, 1.54) is 21.3 Å². The summed E-state index contributed by atoms with van der Waals surface area (Å²) in [5.74, 6) is 0. The van der Waals surface area contributed by atoms with Gasteiger partial charge in [-0.25, -0.2) is 0 Å². The zero-order chi connectivity index (χ0) is 10.7. The van der Waals surface area contributed by atoms with Crippen LogP contribution in [0.3, 0.4) is 0 Å². The summed E-state index contributed by atoms with van der Waals surface area (Å²) >= 11 is 0. The van der Waals surface area contributed by atoms with E-state index < -0.39 is 24.6 Å². The van der Waals surface area contributed by atoms with Crippen LogP contribution in [-0.2, 0) is 18.9 Å². The number of rotatable bonds is 3. The molecule has 0 saturated carbocycles. The van der Waals surface area contributed by atoms with Gasteiger partial charge in [-0.05, 0) is 6.92 Å². The average molecular weight is 206 g/mol. The highest BCUT2D eigenvalue weighted by atomic mass is 16.7. The van der Waals surface area contributed by atoms with E-state index in [2.05, 4.69) is 0 Å². The quantitative estimate of drug-likeness (QED) is 0.691. The first-order chi connectivity index (χ1) is 6.65. The molecule has 5 heteroatoms. The normalized spacial score (nSPS) is 43.9. The smallest absolute Gasteiger partial charge is 0.186 e.